The molecule has 0 spiro atoms. The van der Waals surface area contributed by atoms with Crippen molar-refractivity contribution in [3.05, 3.63) is 11.1 Å². The monoisotopic (exact) mass is 228 g/mol. The van der Waals surface area contributed by atoms with Gasteiger partial charge in [0.1, 0.15) is 0 Å². The molecule has 0 N–H and O–H groups in total. The minimum atomic E-state index is 0.554. The summed E-state index contributed by atoms with van der Waals surface area (Å²) in [7, 11) is 0. The number of allylic oxidation sites excluding steroid dienone is 1. The van der Waals surface area contributed by atoms with E-state index in [1.165, 1.54) is 36.5 Å². The predicted octanol–water partition coefficient (Wildman–Crippen LogP) is 2.80. The zero-order chi connectivity index (χ0) is 9.54. The fraction of sp³-hybridized carbons (Fsp3) is 0.700. The zero-order valence-corrected chi connectivity index (χ0v) is 9.52. The van der Waals surface area contributed by atoms with Crippen LogP contribution < -0.4 is 0 Å². The number of rotatable bonds is 1. The van der Waals surface area contributed by atoms with Crippen LogP contribution in [0.25, 0.3) is 0 Å². The van der Waals surface area contributed by atoms with Gasteiger partial charge in [0.15, 0.2) is 5.17 Å². The van der Waals surface area contributed by atoms with Gasteiger partial charge in [0, 0.05) is 5.70 Å². The van der Waals surface area contributed by atoms with E-state index in [2.05, 4.69) is 10.3 Å². The second kappa shape index (κ2) is 3.46. The Balaban J connectivity index is 1.88. The summed E-state index contributed by atoms with van der Waals surface area (Å²) in [6.07, 6.45) is 5.24. The Morgan fingerprint density at radius 2 is 2.36 bits per heavy atom. The second-order valence-electron chi connectivity index (χ2n) is 4.06. The molecule has 0 aromatic heterocycles. The van der Waals surface area contributed by atoms with Gasteiger partial charge in [-0.1, -0.05) is 24.6 Å². The molecule has 0 aromatic carbocycles. The Kier molecular flexibility index (Phi) is 2.25. The summed E-state index contributed by atoms with van der Waals surface area (Å²) in [6.45, 7) is 0. The van der Waals surface area contributed by atoms with E-state index in [0.29, 0.717) is 18.0 Å². The van der Waals surface area contributed by atoms with Gasteiger partial charge in [0.25, 0.3) is 0 Å². The Hall–Kier alpha value is -0.150. The lowest BCUT2D eigenvalue weighted by Gasteiger charge is -2.31. The molecule has 2 unspecified atom stereocenters. The molecule has 0 saturated heterocycles. The predicted molar refractivity (Wildman–Crippen MR) is 61.7 cm³/mol. The van der Waals surface area contributed by atoms with Gasteiger partial charge in [0.2, 0.25) is 0 Å². The van der Waals surface area contributed by atoms with Crippen molar-refractivity contribution >= 4 is 28.5 Å². The Morgan fingerprint density at radius 3 is 3.21 bits per heavy atom. The standard InChI is InChI=1S/C10H13ClN2S/c11-5-7-6-14-10-12-8-3-1-2-4-9(8)13(7)10/h6,8-9H,1-5H2. The van der Waals surface area contributed by atoms with Gasteiger partial charge in [-0.3, -0.25) is 4.99 Å². The van der Waals surface area contributed by atoms with E-state index in [4.69, 9.17) is 16.6 Å². The lowest BCUT2D eigenvalue weighted by molar-refractivity contribution is 0.285. The molecule has 1 saturated carbocycles. The molecule has 1 aliphatic carbocycles. The van der Waals surface area contributed by atoms with Crippen molar-refractivity contribution in [3.8, 4) is 0 Å². The van der Waals surface area contributed by atoms with Crippen molar-refractivity contribution in [1.82, 2.24) is 4.90 Å². The van der Waals surface area contributed by atoms with Crippen molar-refractivity contribution in [2.75, 3.05) is 5.88 Å². The fourth-order valence-corrected chi connectivity index (χ4v) is 3.88. The summed E-state index contributed by atoms with van der Waals surface area (Å²) in [5.41, 5.74) is 1.25. The maximum atomic E-state index is 5.93. The molecule has 2 atom stereocenters. The van der Waals surface area contributed by atoms with Crippen LogP contribution in [0.2, 0.25) is 0 Å². The first-order valence-corrected chi connectivity index (χ1v) is 6.60. The Labute approximate surface area is 93.4 Å². The highest BCUT2D eigenvalue weighted by atomic mass is 35.5. The smallest absolute Gasteiger partial charge is 0.168 e. The van der Waals surface area contributed by atoms with E-state index < -0.39 is 0 Å². The van der Waals surface area contributed by atoms with Crippen LogP contribution in [-0.4, -0.2) is 28.0 Å². The number of aliphatic imine (C=N–C) groups is 1. The SMILES string of the molecule is ClCC1=CSC2=NC3CCCCC3N12. The van der Waals surface area contributed by atoms with Crippen molar-refractivity contribution in [2.24, 2.45) is 4.99 Å². The normalized spacial score (nSPS) is 35.1. The van der Waals surface area contributed by atoms with Crippen LogP contribution in [0.3, 0.4) is 0 Å². The van der Waals surface area contributed by atoms with Gasteiger partial charge in [-0.25, -0.2) is 0 Å². The number of halogens is 1. The molecule has 3 rings (SSSR count). The lowest BCUT2D eigenvalue weighted by Crippen LogP contribution is -2.38. The quantitative estimate of drug-likeness (QED) is 0.642. The number of hydrogen-bond acceptors (Lipinski definition) is 3. The molecule has 4 heteroatoms. The first-order valence-electron chi connectivity index (χ1n) is 5.19. The molecule has 0 amide bonds. The molecule has 0 radical (unpaired) electrons. The van der Waals surface area contributed by atoms with Gasteiger partial charge in [0.05, 0.1) is 18.0 Å². The molecule has 0 bridgehead atoms. The molecule has 3 aliphatic rings. The summed E-state index contributed by atoms with van der Waals surface area (Å²) in [4.78, 5) is 7.14. The van der Waals surface area contributed by atoms with Crippen molar-refractivity contribution in [2.45, 2.75) is 37.8 Å². The fourth-order valence-electron chi connectivity index (χ4n) is 2.59. The molecule has 0 aromatic rings. The Bertz CT molecular complexity index is 313. The van der Waals surface area contributed by atoms with Gasteiger partial charge in [-0.2, -0.15) is 0 Å². The highest BCUT2D eigenvalue weighted by molar-refractivity contribution is 8.16. The average molecular weight is 229 g/mol. The molecule has 2 aliphatic heterocycles. The number of amidine groups is 1. The second-order valence-corrected chi connectivity index (χ2v) is 5.17. The number of hydrogen-bond donors (Lipinski definition) is 0. The van der Waals surface area contributed by atoms with Crippen LogP contribution in [-0.2, 0) is 0 Å². The lowest BCUT2D eigenvalue weighted by atomic mass is 9.91. The maximum Gasteiger partial charge on any atom is 0.168 e. The first kappa shape index (κ1) is 9.10. The molecule has 1 fully saturated rings. The van der Waals surface area contributed by atoms with Crippen molar-refractivity contribution < 1.29 is 0 Å². The molecular weight excluding hydrogens is 216 g/mol. The van der Waals surface area contributed by atoms with Crippen molar-refractivity contribution in [3.63, 3.8) is 0 Å². The van der Waals surface area contributed by atoms with Gasteiger partial charge < -0.3 is 4.90 Å². The number of thioether (sulfide) groups is 1. The van der Waals surface area contributed by atoms with Crippen LogP contribution in [0.15, 0.2) is 16.1 Å². The third-order valence-electron chi connectivity index (χ3n) is 3.25. The average Bonchev–Trinajstić information content (AvgIpc) is 2.75. The highest BCUT2D eigenvalue weighted by Gasteiger charge is 2.41. The Morgan fingerprint density at radius 1 is 1.50 bits per heavy atom. The topological polar surface area (TPSA) is 15.6 Å². The van der Waals surface area contributed by atoms with Gasteiger partial charge in [-0.15, -0.1) is 11.6 Å². The van der Waals surface area contributed by atoms with E-state index in [0.717, 1.165) is 0 Å². The third kappa shape index (κ3) is 1.22. The van der Waals surface area contributed by atoms with Gasteiger partial charge >= 0.3 is 0 Å². The molecule has 76 valence electrons. The van der Waals surface area contributed by atoms with Crippen molar-refractivity contribution in [1.29, 1.82) is 0 Å². The minimum absolute atomic E-state index is 0.554. The van der Waals surface area contributed by atoms with Crippen LogP contribution in [0.5, 0.6) is 0 Å². The third-order valence-corrected chi connectivity index (χ3v) is 4.43. The number of fused-ring (bicyclic) bond motifs is 3. The van der Waals surface area contributed by atoms with E-state index in [1.54, 1.807) is 11.8 Å². The molecule has 2 heterocycles. The highest BCUT2D eigenvalue weighted by Crippen LogP contribution is 2.40. The van der Waals surface area contributed by atoms with E-state index in [9.17, 15) is 0 Å². The molecular formula is C10H13ClN2S. The number of nitrogens with zero attached hydrogens (tertiary/aromatic N) is 2. The number of alkyl halides is 1. The van der Waals surface area contributed by atoms with Crippen LogP contribution in [0.1, 0.15) is 25.7 Å². The van der Waals surface area contributed by atoms with E-state index in [-0.39, 0.29) is 0 Å². The minimum Gasteiger partial charge on any atom is -0.318 e. The van der Waals surface area contributed by atoms with Crippen LogP contribution in [0.4, 0.5) is 0 Å². The van der Waals surface area contributed by atoms with Gasteiger partial charge in [-0.05, 0) is 18.2 Å². The molecule has 2 nitrogen and oxygen atoms in total. The summed E-state index contributed by atoms with van der Waals surface area (Å²) in [5, 5.41) is 3.34. The summed E-state index contributed by atoms with van der Waals surface area (Å²) >= 11 is 7.67. The summed E-state index contributed by atoms with van der Waals surface area (Å²) in [5.74, 6) is 0.620. The van der Waals surface area contributed by atoms with Crippen LogP contribution in [0, 0.1) is 0 Å². The summed E-state index contributed by atoms with van der Waals surface area (Å²) < 4.78 is 0. The maximum absolute atomic E-state index is 5.93. The molecule has 14 heavy (non-hydrogen) atoms. The largest absolute Gasteiger partial charge is 0.318 e. The van der Waals surface area contributed by atoms with E-state index in [1.807, 2.05) is 0 Å². The van der Waals surface area contributed by atoms with E-state index >= 15 is 0 Å². The summed E-state index contributed by atoms with van der Waals surface area (Å²) in [6, 6.07) is 1.18. The van der Waals surface area contributed by atoms with Crippen LogP contribution >= 0.6 is 23.4 Å². The zero-order valence-electron chi connectivity index (χ0n) is 7.95. The first-order chi connectivity index (χ1) is 6.90.